The minimum Gasteiger partial charge on any atom is -0.466 e. The van der Waals surface area contributed by atoms with E-state index in [1.54, 1.807) is 13.8 Å². The van der Waals surface area contributed by atoms with Crippen LogP contribution in [0.1, 0.15) is 46.5 Å². The van der Waals surface area contributed by atoms with E-state index in [4.69, 9.17) is 9.47 Å². The van der Waals surface area contributed by atoms with E-state index in [1.165, 1.54) is 0 Å². The second-order valence-electron chi connectivity index (χ2n) is 4.99. The van der Waals surface area contributed by atoms with Crippen LogP contribution in [0, 0.1) is 17.8 Å². The predicted octanol–water partition coefficient (Wildman–Crippen LogP) is 2.56. The summed E-state index contributed by atoms with van der Waals surface area (Å²) in [6.45, 7) is 6.42. The molecule has 1 fully saturated rings. The van der Waals surface area contributed by atoms with Gasteiger partial charge in [0.1, 0.15) is 0 Å². The maximum atomic E-state index is 12.0. The molecule has 0 radical (unpaired) electrons. The summed E-state index contributed by atoms with van der Waals surface area (Å²) >= 11 is 0. The number of esters is 2. The number of hydrogen-bond acceptors (Lipinski definition) is 4. The van der Waals surface area contributed by atoms with Gasteiger partial charge >= 0.3 is 11.9 Å². The van der Waals surface area contributed by atoms with Gasteiger partial charge in [-0.15, -0.1) is 0 Å². The summed E-state index contributed by atoms with van der Waals surface area (Å²) in [5, 5.41) is 0. The van der Waals surface area contributed by atoms with Gasteiger partial charge in [0.15, 0.2) is 0 Å². The molecule has 1 aliphatic rings. The molecule has 18 heavy (non-hydrogen) atoms. The van der Waals surface area contributed by atoms with Crippen LogP contribution in [0.5, 0.6) is 0 Å². The number of carbonyl (C=O) groups is 2. The third-order valence-corrected chi connectivity index (χ3v) is 3.53. The molecule has 0 aromatic heterocycles. The van der Waals surface area contributed by atoms with Gasteiger partial charge < -0.3 is 9.47 Å². The molecule has 0 N–H and O–H groups in total. The Labute approximate surface area is 109 Å². The first kappa shape index (κ1) is 15.0. The van der Waals surface area contributed by atoms with E-state index in [1.807, 2.05) is 0 Å². The van der Waals surface area contributed by atoms with Crippen molar-refractivity contribution in [3.8, 4) is 0 Å². The van der Waals surface area contributed by atoms with Crippen molar-refractivity contribution >= 4 is 11.9 Å². The van der Waals surface area contributed by atoms with Gasteiger partial charge in [0.2, 0.25) is 0 Å². The van der Waals surface area contributed by atoms with Gasteiger partial charge in [0.05, 0.1) is 25.0 Å². The average molecular weight is 256 g/mol. The highest BCUT2D eigenvalue weighted by Crippen LogP contribution is 2.33. The van der Waals surface area contributed by atoms with Gasteiger partial charge in [-0.2, -0.15) is 0 Å². The number of hydrogen-bond donors (Lipinski definition) is 0. The molecule has 0 spiro atoms. The molecular weight excluding hydrogens is 232 g/mol. The fourth-order valence-corrected chi connectivity index (χ4v) is 2.64. The summed E-state index contributed by atoms with van der Waals surface area (Å²) < 4.78 is 10.2. The SMILES string of the molecule is CCOC(=O)C1CCCC(C)CC1C(=O)OCC. The van der Waals surface area contributed by atoms with E-state index in [0.29, 0.717) is 19.1 Å². The lowest BCUT2D eigenvalue weighted by Gasteiger charge is -2.22. The Hall–Kier alpha value is -1.06. The maximum Gasteiger partial charge on any atom is 0.309 e. The first-order valence-electron chi connectivity index (χ1n) is 6.93. The molecule has 104 valence electrons. The van der Waals surface area contributed by atoms with Gasteiger partial charge in [0, 0.05) is 0 Å². The summed E-state index contributed by atoms with van der Waals surface area (Å²) in [5.41, 5.74) is 0. The van der Waals surface area contributed by atoms with Crippen molar-refractivity contribution < 1.29 is 19.1 Å². The number of ether oxygens (including phenoxy) is 2. The van der Waals surface area contributed by atoms with E-state index in [2.05, 4.69) is 6.92 Å². The zero-order valence-electron chi connectivity index (χ0n) is 11.6. The molecule has 0 amide bonds. The van der Waals surface area contributed by atoms with E-state index in [-0.39, 0.29) is 23.8 Å². The van der Waals surface area contributed by atoms with E-state index < -0.39 is 0 Å². The molecule has 0 saturated heterocycles. The van der Waals surface area contributed by atoms with Crippen LogP contribution in [0.3, 0.4) is 0 Å². The van der Waals surface area contributed by atoms with Gasteiger partial charge in [-0.05, 0) is 32.6 Å². The third kappa shape index (κ3) is 4.00. The van der Waals surface area contributed by atoms with Crippen LogP contribution in [0.25, 0.3) is 0 Å². The topological polar surface area (TPSA) is 52.6 Å². The van der Waals surface area contributed by atoms with Crippen LogP contribution < -0.4 is 0 Å². The highest BCUT2D eigenvalue weighted by molar-refractivity contribution is 5.82. The predicted molar refractivity (Wildman–Crippen MR) is 67.9 cm³/mol. The molecule has 0 bridgehead atoms. The van der Waals surface area contributed by atoms with Crippen LogP contribution in [0.2, 0.25) is 0 Å². The zero-order chi connectivity index (χ0) is 13.5. The Kier molecular flexibility index (Phi) is 6.16. The first-order valence-corrected chi connectivity index (χ1v) is 6.93. The van der Waals surface area contributed by atoms with Crippen molar-refractivity contribution in [1.82, 2.24) is 0 Å². The minimum absolute atomic E-state index is 0.246. The van der Waals surface area contributed by atoms with Crippen molar-refractivity contribution in [3.63, 3.8) is 0 Å². The Balaban J connectivity index is 2.79. The molecule has 0 aromatic carbocycles. The number of carbonyl (C=O) groups excluding carboxylic acids is 2. The van der Waals surface area contributed by atoms with Crippen molar-refractivity contribution in [2.45, 2.75) is 46.5 Å². The number of rotatable bonds is 4. The van der Waals surface area contributed by atoms with Crippen LogP contribution in [-0.4, -0.2) is 25.2 Å². The normalized spacial score (nSPS) is 28.3. The quantitative estimate of drug-likeness (QED) is 0.573. The van der Waals surface area contributed by atoms with E-state index >= 15 is 0 Å². The highest BCUT2D eigenvalue weighted by atomic mass is 16.5. The molecule has 0 aliphatic heterocycles. The summed E-state index contributed by atoms with van der Waals surface area (Å²) in [6, 6.07) is 0. The summed E-state index contributed by atoms with van der Waals surface area (Å²) in [7, 11) is 0. The molecule has 4 heteroatoms. The molecule has 3 atom stereocenters. The van der Waals surface area contributed by atoms with E-state index in [0.717, 1.165) is 25.7 Å². The van der Waals surface area contributed by atoms with Crippen molar-refractivity contribution in [2.24, 2.45) is 17.8 Å². The van der Waals surface area contributed by atoms with Gasteiger partial charge in [0.25, 0.3) is 0 Å². The molecule has 1 aliphatic carbocycles. The Bertz CT molecular complexity index is 288. The standard InChI is InChI=1S/C14H24O4/c1-4-17-13(15)11-8-6-7-10(3)9-12(11)14(16)18-5-2/h10-12H,4-9H2,1-3H3. The molecule has 4 nitrogen and oxygen atoms in total. The lowest BCUT2D eigenvalue weighted by Crippen LogP contribution is -2.32. The Morgan fingerprint density at radius 2 is 1.56 bits per heavy atom. The molecular formula is C14H24O4. The monoisotopic (exact) mass is 256 g/mol. The third-order valence-electron chi connectivity index (χ3n) is 3.53. The second-order valence-corrected chi connectivity index (χ2v) is 4.99. The van der Waals surface area contributed by atoms with Crippen molar-refractivity contribution in [3.05, 3.63) is 0 Å². The fraction of sp³-hybridized carbons (Fsp3) is 0.857. The van der Waals surface area contributed by atoms with Crippen LogP contribution in [-0.2, 0) is 19.1 Å². The summed E-state index contributed by atoms with van der Waals surface area (Å²) in [6.07, 6.45) is 3.49. The van der Waals surface area contributed by atoms with Crippen molar-refractivity contribution in [1.29, 1.82) is 0 Å². The summed E-state index contributed by atoms with van der Waals surface area (Å²) in [5.74, 6) is -0.691. The van der Waals surface area contributed by atoms with Gasteiger partial charge in [-0.3, -0.25) is 9.59 Å². The first-order chi connectivity index (χ1) is 8.60. The van der Waals surface area contributed by atoms with Gasteiger partial charge in [-0.25, -0.2) is 0 Å². The Morgan fingerprint density at radius 3 is 2.11 bits per heavy atom. The largest absolute Gasteiger partial charge is 0.466 e. The smallest absolute Gasteiger partial charge is 0.309 e. The molecule has 1 rings (SSSR count). The highest BCUT2D eigenvalue weighted by Gasteiger charge is 2.38. The van der Waals surface area contributed by atoms with E-state index in [9.17, 15) is 9.59 Å². The Morgan fingerprint density at radius 1 is 1.00 bits per heavy atom. The zero-order valence-corrected chi connectivity index (χ0v) is 11.6. The minimum atomic E-state index is -0.332. The molecule has 0 aromatic rings. The maximum absolute atomic E-state index is 12.0. The van der Waals surface area contributed by atoms with Crippen LogP contribution >= 0.6 is 0 Å². The summed E-state index contributed by atoms with van der Waals surface area (Å²) in [4.78, 5) is 23.9. The van der Waals surface area contributed by atoms with Crippen LogP contribution in [0.15, 0.2) is 0 Å². The van der Waals surface area contributed by atoms with Crippen molar-refractivity contribution in [2.75, 3.05) is 13.2 Å². The second kappa shape index (κ2) is 7.39. The molecule has 1 saturated carbocycles. The molecule has 0 heterocycles. The molecule has 3 unspecified atom stereocenters. The van der Waals surface area contributed by atoms with Gasteiger partial charge in [-0.1, -0.05) is 19.8 Å². The lowest BCUT2D eigenvalue weighted by molar-refractivity contribution is -0.161. The fourth-order valence-electron chi connectivity index (χ4n) is 2.64. The average Bonchev–Trinajstić information content (AvgIpc) is 2.51. The van der Waals surface area contributed by atoms with Crippen LogP contribution in [0.4, 0.5) is 0 Å². The lowest BCUT2D eigenvalue weighted by atomic mass is 9.86.